The average molecular weight is 291 g/mol. The van der Waals surface area contributed by atoms with Gasteiger partial charge in [-0.1, -0.05) is 0 Å². The molecule has 0 bridgehead atoms. The van der Waals surface area contributed by atoms with Crippen LogP contribution >= 0.6 is 0 Å². The van der Waals surface area contributed by atoms with E-state index in [2.05, 4.69) is 20.2 Å². The van der Waals surface area contributed by atoms with Crippen molar-refractivity contribution in [2.75, 3.05) is 51.8 Å². The van der Waals surface area contributed by atoms with Crippen molar-refractivity contribution >= 4 is 11.7 Å². The van der Waals surface area contributed by atoms with Crippen LogP contribution in [0.25, 0.3) is 0 Å². The first-order valence-corrected chi connectivity index (χ1v) is 7.39. The van der Waals surface area contributed by atoms with E-state index in [1.165, 1.54) is 6.20 Å². The van der Waals surface area contributed by atoms with Gasteiger partial charge in [-0.3, -0.25) is 14.7 Å². The van der Waals surface area contributed by atoms with Gasteiger partial charge in [0, 0.05) is 39.3 Å². The van der Waals surface area contributed by atoms with Crippen LogP contribution in [0.1, 0.15) is 16.9 Å². The van der Waals surface area contributed by atoms with E-state index in [1.54, 1.807) is 13.2 Å². The molecule has 0 aromatic carbocycles. The molecule has 0 aliphatic carbocycles. The fourth-order valence-corrected chi connectivity index (χ4v) is 2.92. The van der Waals surface area contributed by atoms with Crippen molar-refractivity contribution in [3.05, 3.63) is 18.1 Å². The third kappa shape index (κ3) is 3.14. The number of morpholine rings is 1. The third-order valence-corrected chi connectivity index (χ3v) is 4.12. The molecule has 0 radical (unpaired) electrons. The number of hydrogen-bond donors (Lipinski definition) is 1. The van der Waals surface area contributed by atoms with Crippen molar-refractivity contribution in [3.8, 4) is 0 Å². The Kier molecular flexibility index (Phi) is 4.31. The molecular formula is C14H21N5O2. The molecule has 7 heteroatoms. The Morgan fingerprint density at radius 2 is 2.14 bits per heavy atom. The van der Waals surface area contributed by atoms with E-state index in [0.717, 1.165) is 45.8 Å². The maximum atomic E-state index is 12.5. The summed E-state index contributed by atoms with van der Waals surface area (Å²) in [6.45, 7) is 5.06. The van der Waals surface area contributed by atoms with Crippen molar-refractivity contribution in [3.63, 3.8) is 0 Å². The zero-order valence-corrected chi connectivity index (χ0v) is 12.3. The lowest BCUT2D eigenvalue weighted by Gasteiger charge is -2.32. The quantitative estimate of drug-likeness (QED) is 0.849. The molecule has 3 rings (SSSR count). The molecule has 1 aromatic heterocycles. The number of anilines is 1. The molecule has 0 spiro atoms. The minimum Gasteiger partial charge on any atom is -0.379 e. The Bertz CT molecular complexity index is 504. The molecule has 1 unspecified atom stereocenters. The summed E-state index contributed by atoms with van der Waals surface area (Å²) in [4.78, 5) is 25.1. The van der Waals surface area contributed by atoms with Crippen molar-refractivity contribution in [2.24, 2.45) is 0 Å². The van der Waals surface area contributed by atoms with Crippen LogP contribution in [0.4, 0.5) is 5.82 Å². The highest BCUT2D eigenvalue weighted by molar-refractivity contribution is 5.92. The maximum absolute atomic E-state index is 12.5. The summed E-state index contributed by atoms with van der Waals surface area (Å²) in [5.41, 5.74) is 0.407. The summed E-state index contributed by atoms with van der Waals surface area (Å²) in [5.74, 6) is 0.583. The maximum Gasteiger partial charge on any atom is 0.274 e. The number of nitrogens with one attached hydrogen (secondary N) is 1. The van der Waals surface area contributed by atoms with Gasteiger partial charge in [0.05, 0.1) is 25.6 Å². The van der Waals surface area contributed by atoms with E-state index < -0.39 is 0 Å². The van der Waals surface area contributed by atoms with E-state index in [-0.39, 0.29) is 5.91 Å². The van der Waals surface area contributed by atoms with E-state index in [4.69, 9.17) is 4.74 Å². The Balaban J connectivity index is 1.63. The molecule has 2 saturated heterocycles. The summed E-state index contributed by atoms with van der Waals surface area (Å²) in [6, 6.07) is 0.443. The number of nitrogens with zero attached hydrogens (tertiary/aromatic N) is 4. The highest BCUT2D eigenvalue weighted by atomic mass is 16.5. The zero-order chi connectivity index (χ0) is 14.7. The number of hydrogen-bond acceptors (Lipinski definition) is 6. The summed E-state index contributed by atoms with van der Waals surface area (Å²) >= 11 is 0. The lowest BCUT2D eigenvalue weighted by Crippen LogP contribution is -2.45. The number of carbonyl (C=O) groups is 1. The van der Waals surface area contributed by atoms with Crippen LogP contribution in [0.3, 0.4) is 0 Å². The highest BCUT2D eigenvalue weighted by Gasteiger charge is 2.32. The zero-order valence-electron chi connectivity index (χ0n) is 12.3. The van der Waals surface area contributed by atoms with Crippen LogP contribution in [-0.4, -0.2) is 78.2 Å². The van der Waals surface area contributed by atoms with Crippen LogP contribution in [0.15, 0.2) is 12.4 Å². The first-order valence-electron chi connectivity index (χ1n) is 7.39. The molecule has 0 saturated carbocycles. The normalized spacial score (nSPS) is 23.3. The van der Waals surface area contributed by atoms with E-state index in [9.17, 15) is 4.79 Å². The van der Waals surface area contributed by atoms with Crippen LogP contribution in [-0.2, 0) is 4.74 Å². The number of likely N-dealkylation sites (tertiary alicyclic amines) is 1. The standard InChI is InChI=1S/C14H21N5O2/c1-15-13-9-16-8-12(17-13)14(20)19-3-2-11(10-19)18-4-6-21-7-5-18/h8-9,11H,2-7,10H2,1H3,(H,15,17). The van der Waals surface area contributed by atoms with Gasteiger partial charge < -0.3 is 15.0 Å². The van der Waals surface area contributed by atoms with Gasteiger partial charge in [0.2, 0.25) is 0 Å². The molecule has 21 heavy (non-hydrogen) atoms. The van der Waals surface area contributed by atoms with Crippen molar-refractivity contribution < 1.29 is 9.53 Å². The van der Waals surface area contributed by atoms with Crippen molar-refractivity contribution in [2.45, 2.75) is 12.5 Å². The van der Waals surface area contributed by atoms with Crippen molar-refractivity contribution in [1.29, 1.82) is 0 Å². The Labute approximate surface area is 124 Å². The lowest BCUT2D eigenvalue weighted by molar-refractivity contribution is 0.0185. The Morgan fingerprint density at radius 1 is 1.33 bits per heavy atom. The van der Waals surface area contributed by atoms with Gasteiger partial charge in [0.1, 0.15) is 11.5 Å². The topological polar surface area (TPSA) is 70.6 Å². The third-order valence-electron chi connectivity index (χ3n) is 4.12. The van der Waals surface area contributed by atoms with Gasteiger partial charge in [0.25, 0.3) is 5.91 Å². The number of rotatable bonds is 3. The SMILES string of the molecule is CNc1cncc(C(=O)N2CCC(N3CCOCC3)C2)n1. The van der Waals surface area contributed by atoms with Gasteiger partial charge in [-0.2, -0.15) is 0 Å². The largest absolute Gasteiger partial charge is 0.379 e. The monoisotopic (exact) mass is 291 g/mol. The van der Waals surface area contributed by atoms with Crippen LogP contribution in [0, 0.1) is 0 Å². The highest BCUT2D eigenvalue weighted by Crippen LogP contribution is 2.18. The molecule has 2 aliphatic heterocycles. The second-order valence-corrected chi connectivity index (χ2v) is 5.38. The number of ether oxygens (including phenoxy) is 1. The summed E-state index contributed by atoms with van der Waals surface area (Å²) in [7, 11) is 1.77. The fourth-order valence-electron chi connectivity index (χ4n) is 2.92. The lowest BCUT2D eigenvalue weighted by atomic mass is 10.2. The van der Waals surface area contributed by atoms with Gasteiger partial charge in [0.15, 0.2) is 0 Å². The Hall–Kier alpha value is -1.73. The summed E-state index contributed by atoms with van der Waals surface area (Å²) < 4.78 is 5.38. The predicted octanol–water partition coefficient (Wildman–Crippen LogP) is 0.0650. The van der Waals surface area contributed by atoms with E-state index in [0.29, 0.717) is 17.6 Å². The first-order chi connectivity index (χ1) is 10.3. The van der Waals surface area contributed by atoms with Crippen LogP contribution < -0.4 is 5.32 Å². The molecule has 2 fully saturated rings. The van der Waals surface area contributed by atoms with Gasteiger partial charge in [-0.15, -0.1) is 0 Å². The number of amides is 1. The molecule has 114 valence electrons. The van der Waals surface area contributed by atoms with Gasteiger partial charge >= 0.3 is 0 Å². The van der Waals surface area contributed by atoms with Crippen molar-refractivity contribution in [1.82, 2.24) is 19.8 Å². The minimum absolute atomic E-state index is 0.0321. The molecule has 2 aliphatic rings. The second kappa shape index (κ2) is 6.36. The fraction of sp³-hybridized carbons (Fsp3) is 0.643. The van der Waals surface area contributed by atoms with Gasteiger partial charge in [-0.25, -0.2) is 4.98 Å². The summed E-state index contributed by atoms with van der Waals surface area (Å²) in [6.07, 6.45) is 4.16. The van der Waals surface area contributed by atoms with Crippen LogP contribution in [0.5, 0.6) is 0 Å². The van der Waals surface area contributed by atoms with Crippen LogP contribution in [0.2, 0.25) is 0 Å². The minimum atomic E-state index is -0.0321. The molecule has 1 amide bonds. The number of carbonyl (C=O) groups excluding carboxylic acids is 1. The summed E-state index contributed by atoms with van der Waals surface area (Å²) in [5, 5.41) is 2.91. The first kappa shape index (κ1) is 14.2. The average Bonchev–Trinajstić information content (AvgIpc) is 3.05. The van der Waals surface area contributed by atoms with E-state index >= 15 is 0 Å². The smallest absolute Gasteiger partial charge is 0.274 e. The molecular weight excluding hydrogens is 270 g/mol. The Morgan fingerprint density at radius 3 is 2.90 bits per heavy atom. The molecule has 1 N–H and O–H groups in total. The number of aromatic nitrogens is 2. The molecule has 1 aromatic rings. The second-order valence-electron chi connectivity index (χ2n) is 5.38. The van der Waals surface area contributed by atoms with E-state index in [1.807, 2.05) is 4.90 Å². The molecule has 1 atom stereocenters. The predicted molar refractivity (Wildman–Crippen MR) is 78.3 cm³/mol. The molecule has 3 heterocycles. The molecule has 7 nitrogen and oxygen atoms in total. The van der Waals surface area contributed by atoms with Gasteiger partial charge in [-0.05, 0) is 6.42 Å².